The number of anilines is 1. The molecule has 0 unspecified atom stereocenters. The van der Waals surface area contributed by atoms with Gasteiger partial charge in [-0.25, -0.2) is 9.69 Å². The fourth-order valence-corrected chi connectivity index (χ4v) is 3.83. The second-order valence-corrected chi connectivity index (χ2v) is 6.99. The summed E-state index contributed by atoms with van der Waals surface area (Å²) in [6.07, 6.45) is -3.43. The van der Waals surface area contributed by atoms with Crippen molar-refractivity contribution < 1.29 is 32.6 Å². The zero-order valence-corrected chi connectivity index (χ0v) is 15.5. The van der Waals surface area contributed by atoms with Gasteiger partial charge in [0.1, 0.15) is 5.54 Å². The van der Waals surface area contributed by atoms with E-state index in [2.05, 4.69) is 0 Å². The molecule has 0 bridgehead atoms. The van der Waals surface area contributed by atoms with Crippen molar-refractivity contribution in [2.24, 2.45) is 0 Å². The molecule has 2 saturated heterocycles. The molecular formula is C19H20F3N3O4. The first kappa shape index (κ1) is 21.1. The number of imide groups is 1. The number of hydrogen-bond acceptors (Lipinski definition) is 5. The number of nitriles is 1. The number of hydrogen-bond donors (Lipinski definition) is 1. The van der Waals surface area contributed by atoms with Gasteiger partial charge in [-0.1, -0.05) is 0 Å². The Hall–Kier alpha value is -2.64. The molecule has 1 aromatic carbocycles. The van der Waals surface area contributed by atoms with E-state index in [4.69, 9.17) is 15.1 Å². The van der Waals surface area contributed by atoms with Gasteiger partial charge in [-0.3, -0.25) is 4.79 Å². The maximum absolute atomic E-state index is 13.3. The third kappa shape index (κ3) is 3.68. The van der Waals surface area contributed by atoms with E-state index in [0.29, 0.717) is 18.9 Å². The van der Waals surface area contributed by atoms with Crippen molar-refractivity contribution in [2.45, 2.75) is 37.4 Å². The molecule has 0 saturated carbocycles. The van der Waals surface area contributed by atoms with E-state index in [1.54, 1.807) is 0 Å². The van der Waals surface area contributed by atoms with E-state index in [0.717, 1.165) is 11.0 Å². The maximum atomic E-state index is 13.3. The van der Waals surface area contributed by atoms with Crippen LogP contribution in [0.4, 0.5) is 23.7 Å². The predicted octanol–water partition coefficient (Wildman–Crippen LogP) is 2.67. The lowest BCUT2D eigenvalue weighted by Crippen LogP contribution is -2.53. The fraction of sp³-hybridized carbons (Fsp3) is 0.526. The predicted molar refractivity (Wildman–Crippen MR) is 94.9 cm³/mol. The topological polar surface area (TPSA) is 93.9 Å². The van der Waals surface area contributed by atoms with Gasteiger partial charge in [-0.15, -0.1) is 0 Å². The molecule has 2 fully saturated rings. The van der Waals surface area contributed by atoms with E-state index in [1.165, 1.54) is 17.0 Å². The molecular weight excluding hydrogens is 391 g/mol. The molecule has 7 nitrogen and oxygen atoms in total. The zero-order chi connectivity index (χ0) is 21.2. The Balaban J connectivity index is 2.03. The molecule has 0 radical (unpaired) electrons. The molecule has 2 aliphatic rings. The lowest BCUT2D eigenvalue weighted by Gasteiger charge is -2.38. The summed E-state index contributed by atoms with van der Waals surface area (Å²) >= 11 is 0. The first-order valence-electron chi connectivity index (χ1n) is 9.22. The third-order valence-corrected chi connectivity index (χ3v) is 5.34. The molecule has 156 valence electrons. The van der Waals surface area contributed by atoms with E-state index in [9.17, 15) is 22.8 Å². The van der Waals surface area contributed by atoms with Crippen molar-refractivity contribution in [3.05, 3.63) is 29.3 Å². The number of ether oxygens (including phenoxy) is 1. The summed E-state index contributed by atoms with van der Waals surface area (Å²) in [5, 5.41) is 18.0. The number of benzene rings is 1. The standard InChI is InChI=1S/C19H20F3N3O4/c20-19(21,22)15-11-14(4-3-13(15)12-23)25-16(27)18(5-9-29-10-6-18)24(17(25)28)7-1-2-8-26/h3-4,11,26H,1-2,5-10H2. The quantitative estimate of drug-likeness (QED) is 0.594. The maximum Gasteiger partial charge on any atom is 0.417 e. The third-order valence-electron chi connectivity index (χ3n) is 5.34. The minimum atomic E-state index is -4.80. The Kier molecular flexibility index (Phi) is 5.82. The number of amides is 3. The van der Waals surface area contributed by atoms with Crippen molar-refractivity contribution in [1.82, 2.24) is 4.90 Å². The van der Waals surface area contributed by atoms with Gasteiger partial charge in [0.2, 0.25) is 0 Å². The van der Waals surface area contributed by atoms with Gasteiger partial charge in [0.15, 0.2) is 0 Å². The highest BCUT2D eigenvalue weighted by Gasteiger charge is 2.58. The number of urea groups is 1. The van der Waals surface area contributed by atoms with Gasteiger partial charge in [-0.05, 0) is 31.0 Å². The molecule has 10 heteroatoms. The van der Waals surface area contributed by atoms with Crippen LogP contribution in [-0.4, -0.2) is 53.8 Å². The second-order valence-electron chi connectivity index (χ2n) is 6.99. The minimum Gasteiger partial charge on any atom is -0.396 e. The van der Waals surface area contributed by atoms with Crippen molar-refractivity contribution in [2.75, 3.05) is 31.3 Å². The number of carbonyl (C=O) groups is 2. The Labute approximate surface area is 165 Å². The smallest absolute Gasteiger partial charge is 0.396 e. The van der Waals surface area contributed by atoms with Crippen LogP contribution in [0.3, 0.4) is 0 Å². The van der Waals surface area contributed by atoms with E-state index >= 15 is 0 Å². The van der Waals surface area contributed by atoms with E-state index < -0.39 is 34.8 Å². The first-order valence-corrected chi connectivity index (χ1v) is 9.22. The number of carbonyl (C=O) groups excluding carboxylic acids is 2. The van der Waals surface area contributed by atoms with Gasteiger partial charge in [0.25, 0.3) is 5.91 Å². The summed E-state index contributed by atoms with van der Waals surface area (Å²) in [7, 11) is 0. The molecule has 0 aromatic heterocycles. The molecule has 3 rings (SSSR count). The molecule has 29 heavy (non-hydrogen) atoms. The summed E-state index contributed by atoms with van der Waals surface area (Å²) in [6.45, 7) is 0.638. The summed E-state index contributed by atoms with van der Waals surface area (Å²) < 4.78 is 45.3. The average Bonchev–Trinajstić information content (AvgIpc) is 2.89. The number of rotatable bonds is 5. The van der Waals surface area contributed by atoms with Gasteiger partial charge in [0, 0.05) is 39.2 Å². The van der Waals surface area contributed by atoms with Crippen molar-refractivity contribution in [1.29, 1.82) is 5.26 Å². The number of halogens is 3. The first-order chi connectivity index (χ1) is 13.8. The molecule has 0 aliphatic carbocycles. The minimum absolute atomic E-state index is 0.0691. The summed E-state index contributed by atoms with van der Waals surface area (Å²) in [5.41, 5.74) is -3.17. The van der Waals surface area contributed by atoms with Gasteiger partial charge >= 0.3 is 12.2 Å². The normalized spacial score (nSPS) is 19.1. The highest BCUT2D eigenvalue weighted by molar-refractivity contribution is 6.23. The van der Waals surface area contributed by atoms with Crippen LogP contribution in [0.5, 0.6) is 0 Å². The van der Waals surface area contributed by atoms with Crippen LogP contribution in [0.2, 0.25) is 0 Å². The Morgan fingerprint density at radius 1 is 1.21 bits per heavy atom. The van der Waals surface area contributed by atoms with Gasteiger partial charge in [-0.2, -0.15) is 18.4 Å². The van der Waals surface area contributed by atoms with Crippen molar-refractivity contribution in [3.63, 3.8) is 0 Å². The molecule has 1 N–H and O–H groups in total. The van der Waals surface area contributed by atoms with Crippen LogP contribution in [0.15, 0.2) is 18.2 Å². The van der Waals surface area contributed by atoms with Gasteiger partial charge < -0.3 is 14.7 Å². The average molecular weight is 411 g/mol. The highest BCUT2D eigenvalue weighted by atomic mass is 19.4. The Morgan fingerprint density at radius 3 is 2.48 bits per heavy atom. The monoisotopic (exact) mass is 411 g/mol. The largest absolute Gasteiger partial charge is 0.417 e. The van der Waals surface area contributed by atoms with E-state index in [1.807, 2.05) is 0 Å². The molecule has 0 atom stereocenters. The fourth-order valence-electron chi connectivity index (χ4n) is 3.83. The second kappa shape index (κ2) is 8.00. The Bertz CT molecular complexity index is 844. The Morgan fingerprint density at radius 2 is 1.90 bits per heavy atom. The lowest BCUT2D eigenvalue weighted by atomic mass is 9.88. The molecule has 2 aliphatic heterocycles. The molecule has 1 aromatic rings. The van der Waals surface area contributed by atoms with E-state index in [-0.39, 0.29) is 44.9 Å². The van der Waals surface area contributed by atoms with Crippen LogP contribution in [0, 0.1) is 11.3 Å². The number of alkyl halides is 3. The van der Waals surface area contributed by atoms with Crippen LogP contribution in [-0.2, 0) is 15.7 Å². The number of aliphatic hydroxyl groups excluding tert-OH is 1. The zero-order valence-electron chi connectivity index (χ0n) is 15.5. The van der Waals surface area contributed by atoms with Crippen LogP contribution < -0.4 is 4.90 Å². The molecule has 2 heterocycles. The number of nitrogens with zero attached hydrogens (tertiary/aromatic N) is 3. The SMILES string of the molecule is N#Cc1ccc(N2C(=O)N(CCCCO)C3(CCOCC3)C2=O)cc1C(F)(F)F. The molecule has 1 spiro atoms. The highest BCUT2D eigenvalue weighted by Crippen LogP contribution is 2.41. The van der Waals surface area contributed by atoms with Crippen LogP contribution in [0.25, 0.3) is 0 Å². The van der Waals surface area contributed by atoms with Crippen LogP contribution >= 0.6 is 0 Å². The van der Waals surface area contributed by atoms with Crippen molar-refractivity contribution >= 4 is 17.6 Å². The number of aliphatic hydroxyl groups is 1. The summed E-state index contributed by atoms with van der Waals surface area (Å²) in [6, 6.07) is 3.58. The summed E-state index contributed by atoms with van der Waals surface area (Å²) in [5.74, 6) is -0.590. The van der Waals surface area contributed by atoms with Crippen molar-refractivity contribution in [3.8, 4) is 6.07 Å². The van der Waals surface area contributed by atoms with Gasteiger partial charge in [0.05, 0.1) is 22.9 Å². The summed E-state index contributed by atoms with van der Waals surface area (Å²) in [4.78, 5) is 28.5. The lowest BCUT2D eigenvalue weighted by molar-refractivity contribution is -0.137. The van der Waals surface area contributed by atoms with Crippen LogP contribution in [0.1, 0.15) is 36.8 Å². The number of unbranched alkanes of at least 4 members (excludes halogenated alkanes) is 1. The molecule has 3 amide bonds.